The van der Waals surface area contributed by atoms with Gasteiger partial charge < -0.3 is 4.40 Å². The highest BCUT2D eigenvalue weighted by atomic mass is 19.1. The normalized spacial score (nSPS) is 11.2. The molecule has 4 rings (SSSR count). The Kier molecular flexibility index (Phi) is 2.96. The lowest BCUT2D eigenvalue weighted by Crippen LogP contribution is -2.22. The van der Waals surface area contributed by atoms with Gasteiger partial charge in [-0.15, -0.1) is 0 Å². The molecule has 24 heavy (non-hydrogen) atoms. The Morgan fingerprint density at radius 3 is 2.54 bits per heavy atom. The molecule has 0 unspecified atom stereocenters. The topological polar surface area (TPSA) is 69.5 Å². The van der Waals surface area contributed by atoms with Crippen molar-refractivity contribution in [2.45, 2.75) is 0 Å². The molecule has 0 aliphatic carbocycles. The predicted octanol–water partition coefficient (Wildman–Crippen LogP) is 3.29. The minimum absolute atomic E-state index is 0.146. The fourth-order valence-electron chi connectivity index (χ4n) is 2.91. The summed E-state index contributed by atoms with van der Waals surface area (Å²) in [6.45, 7) is 0. The summed E-state index contributed by atoms with van der Waals surface area (Å²) in [7, 11) is 0. The summed E-state index contributed by atoms with van der Waals surface area (Å²) in [6.07, 6.45) is 1.66. The number of benzene rings is 2. The number of hydrogen-bond acceptors (Lipinski definition) is 3. The zero-order chi connectivity index (χ0) is 16.8. The standard InChI is InChI=1S/C17H10FN3O3/c18-11-7-8-13-16(10-11)19-9-3-6-15(19)17(22)20(13)12-4-1-2-5-14(12)21(23)24/h1-10H. The molecule has 2 aromatic heterocycles. The average molecular weight is 323 g/mol. The third-order valence-corrected chi connectivity index (χ3v) is 3.93. The Balaban J connectivity index is 2.25. The summed E-state index contributed by atoms with van der Waals surface area (Å²) < 4.78 is 16.5. The molecule has 0 saturated carbocycles. The van der Waals surface area contributed by atoms with Gasteiger partial charge in [0.25, 0.3) is 11.2 Å². The van der Waals surface area contributed by atoms with Crippen LogP contribution in [-0.4, -0.2) is 13.9 Å². The summed E-state index contributed by atoms with van der Waals surface area (Å²) in [5.41, 5.74) is 0.695. The van der Waals surface area contributed by atoms with Gasteiger partial charge in [-0.1, -0.05) is 12.1 Å². The van der Waals surface area contributed by atoms with E-state index in [2.05, 4.69) is 0 Å². The maximum absolute atomic E-state index is 13.7. The Labute approximate surface area is 134 Å². The molecule has 2 aromatic carbocycles. The fourth-order valence-corrected chi connectivity index (χ4v) is 2.91. The first-order chi connectivity index (χ1) is 11.6. The molecule has 118 valence electrons. The van der Waals surface area contributed by atoms with Crippen LogP contribution in [0.5, 0.6) is 0 Å². The molecule has 2 heterocycles. The van der Waals surface area contributed by atoms with Crippen molar-refractivity contribution in [3.05, 3.63) is 87.1 Å². The monoisotopic (exact) mass is 323 g/mol. The van der Waals surface area contributed by atoms with E-state index in [0.29, 0.717) is 16.6 Å². The smallest absolute Gasteiger partial charge is 0.293 e. The maximum Gasteiger partial charge on any atom is 0.293 e. The van der Waals surface area contributed by atoms with Crippen LogP contribution in [0.2, 0.25) is 0 Å². The van der Waals surface area contributed by atoms with Crippen LogP contribution in [0.3, 0.4) is 0 Å². The van der Waals surface area contributed by atoms with Crippen molar-refractivity contribution in [1.29, 1.82) is 0 Å². The summed E-state index contributed by atoms with van der Waals surface area (Å²) in [5.74, 6) is -0.453. The maximum atomic E-state index is 13.7. The molecule has 0 radical (unpaired) electrons. The van der Waals surface area contributed by atoms with Gasteiger partial charge in [-0.05, 0) is 30.3 Å². The zero-order valence-corrected chi connectivity index (χ0v) is 12.2. The summed E-state index contributed by atoms with van der Waals surface area (Å²) in [6, 6.07) is 13.2. The summed E-state index contributed by atoms with van der Waals surface area (Å²) in [5, 5.41) is 11.3. The molecule has 4 aromatic rings. The van der Waals surface area contributed by atoms with E-state index < -0.39 is 16.3 Å². The van der Waals surface area contributed by atoms with Crippen molar-refractivity contribution in [2.75, 3.05) is 0 Å². The molecule has 0 bridgehead atoms. The number of nitrogens with zero attached hydrogens (tertiary/aromatic N) is 3. The summed E-state index contributed by atoms with van der Waals surface area (Å²) >= 11 is 0. The van der Waals surface area contributed by atoms with E-state index in [1.807, 2.05) is 0 Å². The average Bonchev–Trinajstić information content (AvgIpc) is 3.06. The molecule has 0 atom stereocenters. The summed E-state index contributed by atoms with van der Waals surface area (Å²) in [4.78, 5) is 23.7. The van der Waals surface area contributed by atoms with Crippen LogP contribution in [0.1, 0.15) is 0 Å². The van der Waals surface area contributed by atoms with Crippen molar-refractivity contribution >= 4 is 22.2 Å². The van der Waals surface area contributed by atoms with Gasteiger partial charge in [0, 0.05) is 18.3 Å². The zero-order valence-electron chi connectivity index (χ0n) is 12.2. The minimum Gasteiger partial charge on any atom is -0.310 e. The second kappa shape index (κ2) is 5.02. The lowest BCUT2D eigenvalue weighted by molar-refractivity contribution is -0.384. The van der Waals surface area contributed by atoms with E-state index in [-0.39, 0.29) is 11.4 Å². The number of halogens is 1. The highest BCUT2D eigenvalue weighted by molar-refractivity contribution is 5.82. The molecule has 6 nitrogen and oxygen atoms in total. The van der Waals surface area contributed by atoms with Crippen molar-refractivity contribution in [2.24, 2.45) is 0 Å². The lowest BCUT2D eigenvalue weighted by Gasteiger charge is -2.13. The van der Waals surface area contributed by atoms with E-state index in [0.717, 1.165) is 0 Å². The highest BCUT2D eigenvalue weighted by Crippen LogP contribution is 2.26. The molecule has 0 aliphatic rings. The number of rotatable bonds is 2. The van der Waals surface area contributed by atoms with E-state index in [1.54, 1.807) is 28.8 Å². The molecular formula is C17H10FN3O3. The third kappa shape index (κ3) is 1.91. The van der Waals surface area contributed by atoms with E-state index in [4.69, 9.17) is 0 Å². The first kappa shape index (κ1) is 14.1. The predicted molar refractivity (Wildman–Crippen MR) is 87.1 cm³/mol. The molecule has 0 fully saturated rings. The molecule has 0 N–H and O–H groups in total. The van der Waals surface area contributed by atoms with Crippen LogP contribution >= 0.6 is 0 Å². The SMILES string of the molecule is O=c1c2cccn2c2cc(F)ccc2n1-c1ccccc1[N+](=O)[O-]. The van der Waals surface area contributed by atoms with Crippen LogP contribution in [0.15, 0.2) is 65.6 Å². The first-order valence-electron chi connectivity index (χ1n) is 7.13. The Bertz CT molecular complexity index is 1180. The number of aromatic nitrogens is 2. The van der Waals surface area contributed by atoms with Gasteiger partial charge in [-0.3, -0.25) is 19.5 Å². The van der Waals surface area contributed by atoms with E-state index in [9.17, 15) is 19.3 Å². The lowest BCUT2D eigenvalue weighted by atomic mass is 10.2. The largest absolute Gasteiger partial charge is 0.310 e. The molecular weight excluding hydrogens is 313 g/mol. The van der Waals surface area contributed by atoms with Gasteiger partial charge in [0.1, 0.15) is 17.0 Å². The Hall–Kier alpha value is -3.48. The highest BCUT2D eigenvalue weighted by Gasteiger charge is 2.19. The second-order valence-corrected chi connectivity index (χ2v) is 5.28. The van der Waals surface area contributed by atoms with Crippen LogP contribution in [0, 0.1) is 15.9 Å². The number of nitro benzene ring substituents is 1. The van der Waals surface area contributed by atoms with Gasteiger partial charge in [-0.25, -0.2) is 4.39 Å². The van der Waals surface area contributed by atoms with Gasteiger partial charge in [0.2, 0.25) is 0 Å². The van der Waals surface area contributed by atoms with Gasteiger partial charge in [-0.2, -0.15) is 0 Å². The fraction of sp³-hybridized carbons (Fsp3) is 0. The van der Waals surface area contributed by atoms with E-state index in [1.165, 1.54) is 41.0 Å². The molecule has 0 spiro atoms. The Morgan fingerprint density at radius 1 is 0.958 bits per heavy atom. The molecule has 0 saturated heterocycles. The third-order valence-electron chi connectivity index (χ3n) is 3.93. The number of nitro groups is 1. The van der Waals surface area contributed by atoms with Crippen molar-refractivity contribution in [3.8, 4) is 5.69 Å². The van der Waals surface area contributed by atoms with Crippen LogP contribution in [0.25, 0.3) is 22.2 Å². The van der Waals surface area contributed by atoms with Crippen molar-refractivity contribution in [3.63, 3.8) is 0 Å². The number of fused-ring (bicyclic) bond motifs is 3. The van der Waals surface area contributed by atoms with E-state index >= 15 is 0 Å². The molecule has 0 aliphatic heterocycles. The molecule has 0 amide bonds. The minimum atomic E-state index is -0.542. The number of para-hydroxylation sites is 2. The second-order valence-electron chi connectivity index (χ2n) is 5.28. The van der Waals surface area contributed by atoms with Gasteiger partial charge in [0.05, 0.1) is 16.0 Å². The van der Waals surface area contributed by atoms with Crippen LogP contribution in [-0.2, 0) is 0 Å². The van der Waals surface area contributed by atoms with Gasteiger partial charge >= 0.3 is 0 Å². The molecule has 7 heteroatoms. The van der Waals surface area contributed by atoms with Crippen LogP contribution in [0.4, 0.5) is 10.1 Å². The number of hydrogen-bond donors (Lipinski definition) is 0. The Morgan fingerprint density at radius 2 is 1.75 bits per heavy atom. The van der Waals surface area contributed by atoms with Crippen molar-refractivity contribution < 1.29 is 9.31 Å². The van der Waals surface area contributed by atoms with Crippen LogP contribution < -0.4 is 5.56 Å². The quantitative estimate of drug-likeness (QED) is 0.420. The van der Waals surface area contributed by atoms with Crippen molar-refractivity contribution in [1.82, 2.24) is 8.97 Å². The first-order valence-corrected chi connectivity index (χ1v) is 7.13. The van der Waals surface area contributed by atoms with Gasteiger partial charge in [0.15, 0.2) is 0 Å².